The third kappa shape index (κ3) is 6.60. The molecule has 1 N–H and O–H groups in total. The Morgan fingerprint density at radius 3 is 2.46 bits per heavy atom. The highest BCUT2D eigenvalue weighted by atomic mass is 14.3. The lowest BCUT2D eigenvalue weighted by atomic mass is 9.97. The van der Waals surface area contributed by atoms with Crippen LogP contribution in [0.25, 0.3) is 0 Å². The fraction of sp³-hybridized carbons (Fsp3) is 0.833. The van der Waals surface area contributed by atoms with E-state index in [0.717, 1.165) is 18.8 Å². The normalized spacial score (nSPS) is 12.2. The van der Waals surface area contributed by atoms with Crippen LogP contribution >= 0.6 is 0 Å². The molecule has 1 nitrogen and oxygen atoms in total. The van der Waals surface area contributed by atoms with Crippen molar-refractivity contribution >= 4 is 5.87 Å². The predicted molar refractivity (Wildman–Crippen MR) is 59.5 cm³/mol. The van der Waals surface area contributed by atoms with E-state index in [4.69, 9.17) is 5.41 Å². The van der Waals surface area contributed by atoms with Crippen LogP contribution in [0.15, 0.2) is 5.57 Å². The molecule has 0 amide bonds. The van der Waals surface area contributed by atoms with Crippen molar-refractivity contribution in [1.29, 1.82) is 5.41 Å². The lowest BCUT2D eigenvalue weighted by Gasteiger charge is -2.08. The Morgan fingerprint density at radius 2 is 2.00 bits per heavy atom. The molecule has 0 spiro atoms. The highest BCUT2D eigenvalue weighted by molar-refractivity contribution is 5.54. The van der Waals surface area contributed by atoms with Gasteiger partial charge in [0.2, 0.25) is 0 Å². The summed E-state index contributed by atoms with van der Waals surface area (Å²) in [7, 11) is 0. The molecule has 1 heteroatoms. The fourth-order valence-corrected chi connectivity index (χ4v) is 1.26. The lowest BCUT2D eigenvalue weighted by molar-refractivity contribution is 0.511. The van der Waals surface area contributed by atoms with Gasteiger partial charge in [0, 0.05) is 0 Å². The minimum atomic E-state index is 0.796. The monoisotopic (exact) mass is 181 g/mol. The molecule has 0 saturated heterocycles. The topological polar surface area (TPSA) is 23.9 Å². The van der Waals surface area contributed by atoms with Gasteiger partial charge in [0.25, 0.3) is 0 Å². The van der Waals surface area contributed by atoms with Crippen LogP contribution in [0.2, 0.25) is 0 Å². The molecule has 0 fully saturated rings. The minimum absolute atomic E-state index is 0.796. The molecule has 0 aromatic carbocycles. The quantitative estimate of drug-likeness (QED) is 0.570. The number of hydrogen-bond acceptors (Lipinski definition) is 1. The highest BCUT2D eigenvalue weighted by Gasteiger charge is 2.01. The molecule has 0 aliphatic heterocycles. The molecular weight excluding hydrogens is 158 g/mol. The first-order valence-corrected chi connectivity index (χ1v) is 5.52. The van der Waals surface area contributed by atoms with E-state index in [1.165, 1.54) is 31.3 Å². The van der Waals surface area contributed by atoms with E-state index in [1.54, 1.807) is 0 Å². The van der Waals surface area contributed by atoms with E-state index in [-0.39, 0.29) is 0 Å². The summed E-state index contributed by atoms with van der Waals surface area (Å²) in [6, 6.07) is 0. The molecule has 0 radical (unpaired) electrons. The van der Waals surface area contributed by atoms with Crippen molar-refractivity contribution < 1.29 is 0 Å². The Kier molecular flexibility index (Phi) is 7.73. The van der Waals surface area contributed by atoms with Gasteiger partial charge in [-0.1, -0.05) is 33.6 Å². The Morgan fingerprint density at radius 1 is 1.31 bits per heavy atom. The second kappa shape index (κ2) is 8.07. The number of hydrogen-bond donors (Lipinski definition) is 1. The third-order valence-corrected chi connectivity index (χ3v) is 2.64. The first-order valence-electron chi connectivity index (χ1n) is 5.52. The number of nitrogens with one attached hydrogen (secondary N) is 1. The van der Waals surface area contributed by atoms with Crippen LogP contribution in [0.1, 0.15) is 59.3 Å². The van der Waals surface area contributed by atoms with Crippen LogP contribution in [0, 0.1) is 11.3 Å². The molecule has 0 aliphatic rings. The van der Waals surface area contributed by atoms with Crippen LogP contribution in [0.3, 0.4) is 0 Å². The molecular formula is C12H23N. The van der Waals surface area contributed by atoms with Gasteiger partial charge >= 0.3 is 0 Å². The van der Waals surface area contributed by atoms with E-state index in [2.05, 4.69) is 26.6 Å². The summed E-state index contributed by atoms with van der Waals surface area (Å²) in [4.78, 5) is 0. The molecule has 0 aromatic heterocycles. The Hall–Kier alpha value is -0.550. The second-order valence-corrected chi connectivity index (χ2v) is 3.88. The Balaban J connectivity index is 3.67. The number of rotatable bonds is 7. The third-order valence-electron chi connectivity index (χ3n) is 2.64. The van der Waals surface area contributed by atoms with Crippen molar-refractivity contribution in [3.8, 4) is 0 Å². The van der Waals surface area contributed by atoms with E-state index in [9.17, 15) is 0 Å². The number of allylic oxidation sites excluding steroid dienone is 1. The highest BCUT2D eigenvalue weighted by Crippen LogP contribution is 2.16. The van der Waals surface area contributed by atoms with Gasteiger partial charge in [0.1, 0.15) is 0 Å². The molecule has 76 valence electrons. The largest absolute Gasteiger partial charge is 0.259 e. The first-order chi connectivity index (χ1) is 6.24. The van der Waals surface area contributed by atoms with Crippen LogP contribution in [-0.4, -0.2) is 5.87 Å². The van der Waals surface area contributed by atoms with Gasteiger partial charge in [-0.05, 0) is 43.0 Å². The molecule has 13 heavy (non-hydrogen) atoms. The van der Waals surface area contributed by atoms with Crippen LogP contribution in [0.4, 0.5) is 0 Å². The average Bonchev–Trinajstić information content (AvgIpc) is 2.17. The van der Waals surface area contributed by atoms with E-state index in [1.807, 2.05) is 0 Å². The van der Waals surface area contributed by atoms with Crippen molar-refractivity contribution in [2.45, 2.75) is 59.3 Å². The van der Waals surface area contributed by atoms with Gasteiger partial charge in [0.15, 0.2) is 0 Å². The van der Waals surface area contributed by atoms with Crippen LogP contribution in [0.5, 0.6) is 0 Å². The Labute approximate surface area is 82.7 Å². The van der Waals surface area contributed by atoms with Gasteiger partial charge in [-0.15, -0.1) is 0 Å². The molecule has 0 saturated carbocycles. The molecule has 0 aliphatic carbocycles. The van der Waals surface area contributed by atoms with Crippen LogP contribution in [-0.2, 0) is 0 Å². The van der Waals surface area contributed by atoms with Crippen molar-refractivity contribution in [3.05, 3.63) is 5.57 Å². The number of unbranched alkanes of at least 4 members (excludes halogenated alkanes) is 1. The van der Waals surface area contributed by atoms with Gasteiger partial charge in [-0.2, -0.15) is 0 Å². The molecule has 0 bridgehead atoms. The summed E-state index contributed by atoms with van der Waals surface area (Å²) in [5, 5.41) is 7.15. The standard InChI is InChI=1S/C12H23N/c1-4-6-7-12(10-13)9-8-11(3)5-2/h11,13H,4-9H2,1-3H3. The minimum Gasteiger partial charge on any atom is -0.259 e. The smallest absolute Gasteiger partial charge is 0.00944 e. The lowest BCUT2D eigenvalue weighted by Crippen LogP contribution is -1.94. The van der Waals surface area contributed by atoms with Crippen molar-refractivity contribution in [3.63, 3.8) is 0 Å². The van der Waals surface area contributed by atoms with Gasteiger partial charge in [0.05, 0.1) is 0 Å². The summed E-state index contributed by atoms with van der Waals surface area (Å²) in [6.45, 7) is 6.70. The maximum absolute atomic E-state index is 7.15. The van der Waals surface area contributed by atoms with Crippen molar-refractivity contribution in [2.24, 2.45) is 5.92 Å². The zero-order valence-corrected chi connectivity index (χ0v) is 9.32. The van der Waals surface area contributed by atoms with Gasteiger partial charge < -0.3 is 0 Å². The maximum atomic E-state index is 7.15. The second-order valence-electron chi connectivity index (χ2n) is 3.88. The molecule has 0 heterocycles. The molecule has 0 aromatic rings. The Bertz CT molecular complexity index is 166. The summed E-state index contributed by atoms with van der Waals surface area (Å²) in [5.41, 5.74) is 1.21. The van der Waals surface area contributed by atoms with Gasteiger partial charge in [-0.25, -0.2) is 0 Å². The average molecular weight is 181 g/mol. The summed E-state index contributed by atoms with van der Waals surface area (Å²) < 4.78 is 0. The predicted octanol–water partition coefficient (Wildman–Crippen LogP) is 4.18. The summed E-state index contributed by atoms with van der Waals surface area (Å²) in [6.07, 6.45) is 7.06. The summed E-state index contributed by atoms with van der Waals surface area (Å²) >= 11 is 0. The van der Waals surface area contributed by atoms with E-state index >= 15 is 0 Å². The zero-order valence-electron chi connectivity index (χ0n) is 9.32. The zero-order chi connectivity index (χ0) is 10.1. The molecule has 0 rings (SSSR count). The first kappa shape index (κ1) is 12.4. The van der Waals surface area contributed by atoms with Crippen molar-refractivity contribution in [2.75, 3.05) is 0 Å². The fourth-order valence-electron chi connectivity index (χ4n) is 1.26. The van der Waals surface area contributed by atoms with E-state index < -0.39 is 0 Å². The SMILES string of the molecule is CCCCC(=C=N)CCC(C)CC. The molecule has 1 unspecified atom stereocenters. The summed E-state index contributed by atoms with van der Waals surface area (Å²) in [5.74, 6) is 3.38. The van der Waals surface area contributed by atoms with Crippen LogP contribution < -0.4 is 0 Å². The molecule has 1 atom stereocenters. The van der Waals surface area contributed by atoms with Crippen molar-refractivity contribution in [1.82, 2.24) is 0 Å². The van der Waals surface area contributed by atoms with Gasteiger partial charge in [-0.3, -0.25) is 5.41 Å². The maximum Gasteiger partial charge on any atom is -0.00944 e. The van der Waals surface area contributed by atoms with E-state index in [0.29, 0.717) is 0 Å².